The minimum atomic E-state index is -0.100. The summed E-state index contributed by atoms with van der Waals surface area (Å²) in [6.45, 7) is 0.659. The van der Waals surface area contributed by atoms with Crippen LogP contribution in [0.3, 0.4) is 0 Å². The number of para-hydroxylation sites is 1. The smallest absolute Gasteiger partial charge is 0.254 e. The van der Waals surface area contributed by atoms with Gasteiger partial charge in [0.05, 0.1) is 5.52 Å². The number of ether oxygens (including phenoxy) is 2. The topological polar surface area (TPSA) is 89.4 Å². The molecule has 2 heterocycles. The Balaban J connectivity index is 1.25. The molecule has 0 saturated carbocycles. The van der Waals surface area contributed by atoms with Gasteiger partial charge < -0.3 is 25.5 Å². The second-order valence-electron chi connectivity index (χ2n) is 7.59. The van der Waals surface area contributed by atoms with Gasteiger partial charge in [0.25, 0.3) is 11.8 Å². The van der Waals surface area contributed by atoms with Crippen molar-refractivity contribution in [2.24, 2.45) is 5.73 Å². The molecule has 0 amide bonds. The summed E-state index contributed by atoms with van der Waals surface area (Å²) in [7, 11) is 0. The molecule has 1 aliphatic heterocycles. The summed E-state index contributed by atoms with van der Waals surface area (Å²) in [4.78, 5) is 14.7. The largest absolute Gasteiger partial charge is 0.437 e. The molecule has 1 aromatic heterocycles. The lowest BCUT2D eigenvalue weighted by atomic mass is 10.00. The van der Waals surface area contributed by atoms with Crippen LogP contribution in [0.4, 0.5) is 0 Å². The second-order valence-corrected chi connectivity index (χ2v) is 7.59. The Morgan fingerprint density at radius 1 is 1.03 bits per heavy atom. The van der Waals surface area contributed by atoms with Crippen molar-refractivity contribution in [3.8, 4) is 11.1 Å². The summed E-state index contributed by atoms with van der Waals surface area (Å²) < 4.78 is 11.5. The third-order valence-electron chi connectivity index (χ3n) is 5.47. The SMILES string of the molecule is NC1=C(NCCc2ccc(-c3cccc4ccc(=O)[nH]c34)cc2)OC2=C(CCC=C2)O1. The van der Waals surface area contributed by atoms with E-state index in [0.29, 0.717) is 12.4 Å². The Kier molecular flexibility index (Phi) is 4.96. The summed E-state index contributed by atoms with van der Waals surface area (Å²) >= 11 is 0. The van der Waals surface area contributed by atoms with E-state index in [1.54, 1.807) is 6.07 Å². The van der Waals surface area contributed by atoms with Crippen molar-refractivity contribution in [3.05, 3.63) is 106 Å². The van der Waals surface area contributed by atoms with E-state index in [9.17, 15) is 4.79 Å². The molecule has 2 aliphatic rings. The third-order valence-corrected chi connectivity index (χ3v) is 5.47. The van der Waals surface area contributed by atoms with Gasteiger partial charge in [0, 0.05) is 24.6 Å². The van der Waals surface area contributed by atoms with Gasteiger partial charge in [-0.15, -0.1) is 0 Å². The lowest BCUT2D eigenvalue weighted by Gasteiger charge is -2.25. The number of aromatic amines is 1. The molecule has 0 spiro atoms. The van der Waals surface area contributed by atoms with Gasteiger partial charge in [0.1, 0.15) is 5.76 Å². The zero-order valence-electron chi connectivity index (χ0n) is 17.0. The van der Waals surface area contributed by atoms with E-state index in [2.05, 4.69) is 40.6 Å². The molecule has 2 aromatic carbocycles. The van der Waals surface area contributed by atoms with E-state index >= 15 is 0 Å². The molecule has 156 valence electrons. The van der Waals surface area contributed by atoms with Crippen LogP contribution in [0.1, 0.15) is 18.4 Å². The van der Waals surface area contributed by atoms with Gasteiger partial charge >= 0.3 is 0 Å². The van der Waals surface area contributed by atoms with Crippen molar-refractivity contribution in [1.29, 1.82) is 0 Å². The van der Waals surface area contributed by atoms with E-state index in [1.807, 2.05) is 30.3 Å². The van der Waals surface area contributed by atoms with Crippen LogP contribution in [0.5, 0.6) is 0 Å². The van der Waals surface area contributed by atoms with Crippen LogP contribution in [-0.2, 0) is 15.9 Å². The van der Waals surface area contributed by atoms with Crippen LogP contribution in [0.2, 0.25) is 0 Å². The molecule has 0 saturated heterocycles. The molecule has 0 radical (unpaired) electrons. The van der Waals surface area contributed by atoms with E-state index in [-0.39, 0.29) is 11.4 Å². The molecular formula is C25H23N3O3. The van der Waals surface area contributed by atoms with E-state index in [4.69, 9.17) is 15.2 Å². The Hall–Kier alpha value is -3.93. The highest BCUT2D eigenvalue weighted by Gasteiger charge is 2.22. The monoisotopic (exact) mass is 413 g/mol. The van der Waals surface area contributed by atoms with Crippen molar-refractivity contribution >= 4 is 10.9 Å². The number of rotatable bonds is 5. The molecule has 6 heteroatoms. The Bertz CT molecular complexity index is 1280. The van der Waals surface area contributed by atoms with Gasteiger partial charge in [-0.1, -0.05) is 48.5 Å². The number of pyridine rings is 1. The summed E-state index contributed by atoms with van der Waals surface area (Å²) in [5, 5.41) is 4.24. The van der Waals surface area contributed by atoms with Gasteiger partial charge in [0.2, 0.25) is 5.56 Å². The van der Waals surface area contributed by atoms with Crippen molar-refractivity contribution in [3.63, 3.8) is 0 Å². The Labute approximate surface area is 179 Å². The molecule has 1 aliphatic carbocycles. The average Bonchev–Trinajstić information content (AvgIpc) is 2.79. The van der Waals surface area contributed by atoms with Crippen LogP contribution in [0, 0.1) is 0 Å². The van der Waals surface area contributed by atoms with Gasteiger partial charge in [-0.25, -0.2) is 0 Å². The quantitative estimate of drug-likeness (QED) is 0.588. The summed E-state index contributed by atoms with van der Waals surface area (Å²) in [5.74, 6) is 2.24. The lowest BCUT2D eigenvalue weighted by molar-refractivity contribution is 0.154. The number of nitrogens with one attached hydrogen (secondary N) is 2. The van der Waals surface area contributed by atoms with Crippen LogP contribution >= 0.6 is 0 Å². The normalized spacial score (nSPS) is 15.5. The van der Waals surface area contributed by atoms with Gasteiger partial charge in [-0.05, 0) is 41.5 Å². The standard InChI is InChI=1S/C25H23N3O3/c26-24-25(31-21-7-2-1-6-20(21)30-24)27-15-14-16-8-10-17(11-9-16)19-5-3-4-18-12-13-22(29)28-23(18)19/h2-5,7-13,27H,1,6,14-15,26H2,(H,28,29). The minimum absolute atomic E-state index is 0.100. The first kappa shape index (κ1) is 19.1. The number of hydrogen-bond donors (Lipinski definition) is 3. The molecule has 5 rings (SSSR count). The predicted octanol–water partition coefficient (Wildman–Crippen LogP) is 4.02. The lowest BCUT2D eigenvalue weighted by Crippen LogP contribution is -2.27. The maximum Gasteiger partial charge on any atom is 0.254 e. The number of benzene rings is 2. The number of nitrogens with two attached hydrogens (primary N) is 1. The molecule has 0 unspecified atom stereocenters. The number of aromatic nitrogens is 1. The first-order valence-electron chi connectivity index (χ1n) is 10.4. The van der Waals surface area contributed by atoms with Gasteiger partial charge in [0.15, 0.2) is 5.76 Å². The van der Waals surface area contributed by atoms with E-state index in [0.717, 1.165) is 52.8 Å². The van der Waals surface area contributed by atoms with Crippen LogP contribution < -0.4 is 16.6 Å². The van der Waals surface area contributed by atoms with Gasteiger partial charge in [-0.2, -0.15) is 0 Å². The zero-order chi connectivity index (χ0) is 21.2. The highest BCUT2D eigenvalue weighted by molar-refractivity contribution is 5.93. The molecule has 6 nitrogen and oxygen atoms in total. The average molecular weight is 413 g/mol. The fraction of sp³-hybridized carbons (Fsp3) is 0.160. The van der Waals surface area contributed by atoms with E-state index < -0.39 is 0 Å². The maximum absolute atomic E-state index is 11.8. The molecule has 4 N–H and O–H groups in total. The molecule has 0 bridgehead atoms. The Morgan fingerprint density at radius 2 is 1.90 bits per heavy atom. The number of H-pyrrole nitrogens is 1. The summed E-state index contributed by atoms with van der Waals surface area (Å²) in [6, 6.07) is 17.8. The van der Waals surface area contributed by atoms with Crippen molar-refractivity contribution in [1.82, 2.24) is 10.3 Å². The number of fused-ring (bicyclic) bond motifs is 1. The molecule has 31 heavy (non-hydrogen) atoms. The molecule has 0 atom stereocenters. The van der Waals surface area contributed by atoms with Crippen LogP contribution in [0.15, 0.2) is 94.8 Å². The zero-order valence-corrected chi connectivity index (χ0v) is 17.0. The van der Waals surface area contributed by atoms with Gasteiger partial charge in [-0.3, -0.25) is 4.79 Å². The van der Waals surface area contributed by atoms with Crippen molar-refractivity contribution in [2.45, 2.75) is 19.3 Å². The number of allylic oxidation sites excluding steroid dienone is 3. The second kappa shape index (κ2) is 8.07. The maximum atomic E-state index is 11.8. The van der Waals surface area contributed by atoms with Crippen LogP contribution in [-0.4, -0.2) is 11.5 Å². The third kappa shape index (κ3) is 3.92. The Morgan fingerprint density at radius 3 is 2.77 bits per heavy atom. The molecule has 3 aromatic rings. The van der Waals surface area contributed by atoms with Crippen molar-refractivity contribution in [2.75, 3.05) is 6.54 Å². The summed E-state index contributed by atoms with van der Waals surface area (Å²) in [5.41, 5.74) is 9.99. The first-order chi connectivity index (χ1) is 15.2. The number of hydrogen-bond acceptors (Lipinski definition) is 5. The molecule has 0 fully saturated rings. The highest BCUT2D eigenvalue weighted by atomic mass is 16.6. The van der Waals surface area contributed by atoms with Crippen LogP contribution in [0.25, 0.3) is 22.0 Å². The fourth-order valence-electron chi connectivity index (χ4n) is 3.87. The molecular weight excluding hydrogens is 390 g/mol. The summed E-state index contributed by atoms with van der Waals surface area (Å²) in [6.07, 6.45) is 6.52. The highest BCUT2D eigenvalue weighted by Crippen LogP contribution is 2.29. The van der Waals surface area contributed by atoms with E-state index in [1.165, 1.54) is 5.56 Å². The minimum Gasteiger partial charge on any atom is -0.437 e. The van der Waals surface area contributed by atoms with Crippen molar-refractivity contribution < 1.29 is 9.47 Å². The first-order valence-corrected chi connectivity index (χ1v) is 10.4. The predicted molar refractivity (Wildman–Crippen MR) is 120 cm³/mol. The fourth-order valence-corrected chi connectivity index (χ4v) is 3.87.